The van der Waals surface area contributed by atoms with E-state index in [4.69, 9.17) is 23.7 Å². The van der Waals surface area contributed by atoms with Crippen LogP contribution in [0.2, 0.25) is 0 Å². The first-order valence-corrected chi connectivity index (χ1v) is 15.5. The van der Waals surface area contributed by atoms with Gasteiger partial charge in [0, 0.05) is 51.9 Å². The number of fused-ring (bicyclic) bond motifs is 1. The number of nitrogens with zero attached hydrogens (tertiary/aromatic N) is 2. The monoisotopic (exact) mass is 567 g/mol. The van der Waals surface area contributed by atoms with Gasteiger partial charge < -0.3 is 33.9 Å². The summed E-state index contributed by atoms with van der Waals surface area (Å²) in [7, 11) is 3.47. The van der Waals surface area contributed by atoms with Gasteiger partial charge in [0.25, 0.3) is 0 Å². The van der Waals surface area contributed by atoms with E-state index >= 15 is 0 Å². The highest BCUT2D eigenvalue weighted by molar-refractivity contribution is 5.61. The zero-order valence-corrected chi connectivity index (χ0v) is 25.2. The van der Waals surface area contributed by atoms with Gasteiger partial charge in [-0.05, 0) is 68.1 Å². The smallest absolute Gasteiger partial charge is 0.142 e. The minimum Gasteiger partial charge on any atom is -0.497 e. The van der Waals surface area contributed by atoms with Crippen LogP contribution in [0.3, 0.4) is 0 Å². The number of likely N-dealkylation sites (tertiary alicyclic amines) is 1. The number of piperidine rings is 2. The minimum absolute atomic E-state index is 0.0128. The summed E-state index contributed by atoms with van der Waals surface area (Å²) in [5.41, 5.74) is 3.54. The first-order chi connectivity index (χ1) is 20.2. The molecule has 0 amide bonds. The quantitative estimate of drug-likeness (QED) is 0.356. The Morgan fingerprint density at radius 1 is 0.927 bits per heavy atom. The summed E-state index contributed by atoms with van der Waals surface area (Å²) < 4.78 is 30.0. The Hall–Kier alpha value is -2.36. The molecule has 41 heavy (non-hydrogen) atoms. The third kappa shape index (κ3) is 7.93. The van der Waals surface area contributed by atoms with Crippen molar-refractivity contribution >= 4 is 5.69 Å². The van der Waals surface area contributed by atoms with E-state index in [1.807, 2.05) is 12.1 Å². The van der Waals surface area contributed by atoms with Crippen LogP contribution in [-0.2, 0) is 20.8 Å². The number of hydrogen-bond acceptors (Lipinski definition) is 8. The molecule has 0 spiro atoms. The summed E-state index contributed by atoms with van der Waals surface area (Å²) in [4.78, 5) is 4.98. The lowest BCUT2D eigenvalue weighted by Gasteiger charge is -2.40. The van der Waals surface area contributed by atoms with Crippen molar-refractivity contribution in [2.45, 2.75) is 63.4 Å². The van der Waals surface area contributed by atoms with Crippen molar-refractivity contribution in [1.82, 2.24) is 10.2 Å². The maximum Gasteiger partial charge on any atom is 0.142 e. The topological polar surface area (TPSA) is 64.7 Å². The summed E-state index contributed by atoms with van der Waals surface area (Å²) in [6.45, 7) is 10.7. The third-order valence-corrected chi connectivity index (χ3v) is 8.87. The number of ether oxygens (including phenoxy) is 5. The Morgan fingerprint density at radius 2 is 1.76 bits per heavy atom. The average molecular weight is 568 g/mol. The fourth-order valence-corrected chi connectivity index (χ4v) is 6.50. The largest absolute Gasteiger partial charge is 0.497 e. The van der Waals surface area contributed by atoms with E-state index < -0.39 is 0 Å². The van der Waals surface area contributed by atoms with Crippen molar-refractivity contribution in [3.63, 3.8) is 0 Å². The lowest BCUT2D eigenvalue weighted by atomic mass is 9.85. The fourth-order valence-electron chi connectivity index (χ4n) is 6.50. The maximum absolute atomic E-state index is 6.70. The Balaban J connectivity index is 1.26. The van der Waals surface area contributed by atoms with Crippen LogP contribution in [0.25, 0.3) is 0 Å². The lowest BCUT2D eigenvalue weighted by Crippen LogP contribution is -2.51. The SMILES string of the molecule is COCCCN1CCOc2ccc(CO[C@H]3CNC[C@@H](OCCN4CCCCC4C)[C@@H]3c3ccc(OC)cc3)cc21. The summed E-state index contributed by atoms with van der Waals surface area (Å²) in [6.07, 6.45) is 4.93. The molecule has 226 valence electrons. The predicted octanol–water partition coefficient (Wildman–Crippen LogP) is 4.46. The van der Waals surface area contributed by atoms with Gasteiger partial charge in [0.05, 0.1) is 44.8 Å². The maximum atomic E-state index is 6.70. The molecule has 8 heteroatoms. The zero-order chi connectivity index (χ0) is 28.4. The van der Waals surface area contributed by atoms with Crippen LogP contribution < -0.4 is 19.7 Å². The molecule has 3 aliphatic heterocycles. The molecule has 1 unspecified atom stereocenters. The van der Waals surface area contributed by atoms with Gasteiger partial charge >= 0.3 is 0 Å². The lowest BCUT2D eigenvalue weighted by molar-refractivity contribution is -0.0647. The minimum atomic E-state index is -0.0128. The summed E-state index contributed by atoms with van der Waals surface area (Å²) in [5, 5.41) is 3.60. The van der Waals surface area contributed by atoms with Crippen LogP contribution in [0.4, 0.5) is 5.69 Å². The van der Waals surface area contributed by atoms with E-state index in [9.17, 15) is 0 Å². The van der Waals surface area contributed by atoms with Gasteiger partial charge in [0.15, 0.2) is 0 Å². The van der Waals surface area contributed by atoms with Crippen LogP contribution in [0.15, 0.2) is 42.5 Å². The second kappa shape index (κ2) is 15.2. The van der Waals surface area contributed by atoms with Crippen molar-refractivity contribution in [3.8, 4) is 11.5 Å². The molecular weight excluding hydrogens is 518 g/mol. The normalized spacial score (nSPS) is 25.0. The number of rotatable bonds is 13. The third-order valence-electron chi connectivity index (χ3n) is 8.87. The summed E-state index contributed by atoms with van der Waals surface area (Å²) in [5.74, 6) is 1.94. The Kier molecular flexibility index (Phi) is 11.2. The predicted molar refractivity (Wildman–Crippen MR) is 162 cm³/mol. The standard InChI is InChI=1S/C33H49N3O5/c1-25-7-4-5-14-35(25)16-19-40-31-22-34-23-32(33(31)27-9-11-28(38-3)12-10-27)41-24-26-8-13-30-29(21-26)36(17-20-39-30)15-6-18-37-2/h8-13,21,25,31-34H,4-7,14-20,22-24H2,1-3H3/t25?,31-,32+,33+/m1/s1. The molecular formula is C33H49N3O5. The van der Waals surface area contributed by atoms with Gasteiger partial charge in [-0.15, -0.1) is 0 Å². The molecule has 0 bridgehead atoms. The van der Waals surface area contributed by atoms with Crippen LogP contribution in [-0.4, -0.2) is 96.5 Å². The number of methoxy groups -OCH3 is 2. The van der Waals surface area contributed by atoms with E-state index in [0.717, 1.165) is 75.1 Å². The molecule has 0 aromatic heterocycles. The number of hydrogen-bond donors (Lipinski definition) is 1. The highest BCUT2D eigenvalue weighted by atomic mass is 16.5. The molecule has 0 saturated carbocycles. The van der Waals surface area contributed by atoms with Gasteiger partial charge in [0.2, 0.25) is 0 Å². The first-order valence-electron chi connectivity index (χ1n) is 15.5. The average Bonchev–Trinajstić information content (AvgIpc) is 3.01. The van der Waals surface area contributed by atoms with Crippen LogP contribution in [0.1, 0.15) is 49.7 Å². The molecule has 8 nitrogen and oxygen atoms in total. The van der Waals surface area contributed by atoms with Gasteiger partial charge in [-0.25, -0.2) is 0 Å². The molecule has 4 atom stereocenters. The molecule has 2 saturated heterocycles. The van der Waals surface area contributed by atoms with Gasteiger partial charge in [-0.2, -0.15) is 0 Å². The second-order valence-electron chi connectivity index (χ2n) is 11.6. The molecule has 2 aromatic rings. The molecule has 2 aromatic carbocycles. The molecule has 3 aliphatic rings. The summed E-state index contributed by atoms with van der Waals surface area (Å²) >= 11 is 0. The zero-order valence-electron chi connectivity index (χ0n) is 25.2. The fraction of sp³-hybridized carbons (Fsp3) is 0.636. The van der Waals surface area contributed by atoms with Gasteiger partial charge in [0.1, 0.15) is 18.1 Å². The molecule has 3 heterocycles. The molecule has 2 fully saturated rings. The van der Waals surface area contributed by atoms with E-state index in [0.29, 0.717) is 19.3 Å². The Bertz CT molecular complexity index is 1070. The van der Waals surface area contributed by atoms with Crippen molar-refractivity contribution in [3.05, 3.63) is 53.6 Å². The Labute approximate surface area is 246 Å². The number of nitrogens with one attached hydrogen (secondary N) is 1. The number of benzene rings is 2. The van der Waals surface area contributed by atoms with E-state index in [2.05, 4.69) is 52.4 Å². The van der Waals surface area contributed by atoms with Crippen molar-refractivity contribution < 1.29 is 23.7 Å². The van der Waals surface area contributed by atoms with Crippen molar-refractivity contribution in [2.24, 2.45) is 0 Å². The first kappa shape index (κ1) is 30.1. The summed E-state index contributed by atoms with van der Waals surface area (Å²) in [6, 6.07) is 15.5. The van der Waals surface area contributed by atoms with E-state index in [1.54, 1.807) is 14.2 Å². The van der Waals surface area contributed by atoms with E-state index in [1.165, 1.54) is 31.4 Å². The molecule has 5 rings (SSSR count). The molecule has 0 aliphatic carbocycles. The van der Waals surface area contributed by atoms with Gasteiger partial charge in [-0.3, -0.25) is 4.90 Å². The number of anilines is 1. The van der Waals surface area contributed by atoms with Crippen LogP contribution in [0, 0.1) is 0 Å². The van der Waals surface area contributed by atoms with Gasteiger partial charge in [-0.1, -0.05) is 24.6 Å². The highest BCUT2D eigenvalue weighted by Crippen LogP contribution is 2.35. The van der Waals surface area contributed by atoms with E-state index in [-0.39, 0.29) is 18.1 Å². The van der Waals surface area contributed by atoms with Crippen molar-refractivity contribution in [1.29, 1.82) is 0 Å². The highest BCUT2D eigenvalue weighted by Gasteiger charge is 2.36. The molecule has 0 radical (unpaired) electrons. The van der Waals surface area contributed by atoms with Crippen LogP contribution in [0.5, 0.6) is 11.5 Å². The molecule has 1 N–H and O–H groups in total. The van der Waals surface area contributed by atoms with Crippen LogP contribution >= 0.6 is 0 Å². The van der Waals surface area contributed by atoms with Crippen molar-refractivity contribution in [2.75, 3.05) is 78.2 Å². The Morgan fingerprint density at radius 3 is 2.54 bits per heavy atom. The second-order valence-corrected chi connectivity index (χ2v) is 11.6.